The minimum absolute atomic E-state index is 0.0288. The molecule has 3 rings (SSSR count). The van der Waals surface area contributed by atoms with Crippen molar-refractivity contribution in [1.82, 2.24) is 0 Å². The fraction of sp³-hybridized carbons (Fsp3) is 0.0870. The number of ether oxygens (including phenoxy) is 2. The van der Waals surface area contributed by atoms with Gasteiger partial charge >= 0.3 is 0 Å². The van der Waals surface area contributed by atoms with E-state index in [-0.39, 0.29) is 5.69 Å². The summed E-state index contributed by atoms with van der Waals surface area (Å²) in [4.78, 5) is 10.3. The predicted octanol–water partition coefficient (Wildman–Crippen LogP) is 5.90. The highest BCUT2D eigenvalue weighted by atomic mass is 35.5. The molecule has 0 spiro atoms. The first-order chi connectivity index (χ1) is 14.5. The first-order valence-corrected chi connectivity index (χ1v) is 9.30. The van der Waals surface area contributed by atoms with Gasteiger partial charge in [-0.2, -0.15) is 5.26 Å². The topological polar surface area (TPSA) is 85.4 Å². The van der Waals surface area contributed by atoms with Gasteiger partial charge in [-0.3, -0.25) is 10.1 Å². The Morgan fingerprint density at radius 1 is 1.13 bits per heavy atom. The van der Waals surface area contributed by atoms with E-state index in [0.29, 0.717) is 34.3 Å². The van der Waals surface area contributed by atoms with Gasteiger partial charge in [0.2, 0.25) is 0 Å². The van der Waals surface area contributed by atoms with Crippen LogP contribution in [0.15, 0.2) is 66.7 Å². The van der Waals surface area contributed by atoms with Gasteiger partial charge in [0.1, 0.15) is 6.61 Å². The lowest BCUT2D eigenvalue weighted by Crippen LogP contribution is -1.98. The summed E-state index contributed by atoms with van der Waals surface area (Å²) in [5, 5.41) is 21.0. The van der Waals surface area contributed by atoms with Gasteiger partial charge in [0.15, 0.2) is 11.5 Å². The van der Waals surface area contributed by atoms with E-state index in [1.54, 1.807) is 42.5 Å². The van der Waals surface area contributed by atoms with Gasteiger partial charge in [0.25, 0.3) is 5.69 Å². The normalized spacial score (nSPS) is 10.9. The van der Waals surface area contributed by atoms with Gasteiger partial charge in [-0.1, -0.05) is 29.8 Å². The molecule has 3 aromatic carbocycles. The number of nitriles is 1. The molecule has 0 N–H and O–H groups in total. The molecule has 0 saturated heterocycles. The van der Waals surface area contributed by atoms with Crippen LogP contribution in [0, 0.1) is 21.4 Å². The Hall–Kier alpha value is -3.82. The molecule has 0 aromatic heterocycles. The number of nitro benzene ring substituents is 1. The van der Waals surface area contributed by atoms with E-state index in [0.717, 1.165) is 11.1 Å². The van der Waals surface area contributed by atoms with Crippen LogP contribution in [0.3, 0.4) is 0 Å². The molecule has 6 nitrogen and oxygen atoms in total. The zero-order chi connectivity index (χ0) is 21.5. The number of non-ortho nitro benzene ring substituents is 1. The molecule has 150 valence electrons. The number of rotatable bonds is 7. The van der Waals surface area contributed by atoms with Crippen molar-refractivity contribution in [3.63, 3.8) is 0 Å². The van der Waals surface area contributed by atoms with E-state index in [9.17, 15) is 15.4 Å². The number of benzene rings is 3. The molecule has 0 heterocycles. The largest absolute Gasteiger partial charge is 0.493 e. The van der Waals surface area contributed by atoms with Crippen molar-refractivity contribution in [2.45, 2.75) is 6.61 Å². The molecule has 0 aliphatic heterocycles. The highest BCUT2D eigenvalue weighted by molar-refractivity contribution is 6.30. The summed E-state index contributed by atoms with van der Waals surface area (Å²) >= 11 is 6.00. The molecule has 0 fully saturated rings. The lowest BCUT2D eigenvalue weighted by molar-refractivity contribution is -0.384. The smallest absolute Gasteiger partial charge is 0.269 e. The van der Waals surface area contributed by atoms with E-state index < -0.39 is 4.92 Å². The molecular formula is C23H17ClN2O4. The first-order valence-electron chi connectivity index (χ1n) is 8.92. The van der Waals surface area contributed by atoms with Crippen molar-refractivity contribution >= 4 is 28.9 Å². The zero-order valence-corrected chi connectivity index (χ0v) is 16.8. The van der Waals surface area contributed by atoms with Gasteiger partial charge in [-0.25, -0.2) is 0 Å². The molecular weight excluding hydrogens is 404 g/mol. The second-order valence-corrected chi connectivity index (χ2v) is 6.74. The van der Waals surface area contributed by atoms with Gasteiger partial charge in [-0.05, 0) is 59.2 Å². The van der Waals surface area contributed by atoms with Crippen LogP contribution in [0.1, 0.15) is 16.7 Å². The van der Waals surface area contributed by atoms with Crippen LogP contribution in [0.2, 0.25) is 5.02 Å². The fourth-order valence-corrected chi connectivity index (χ4v) is 3.00. The van der Waals surface area contributed by atoms with E-state index in [2.05, 4.69) is 6.07 Å². The van der Waals surface area contributed by atoms with Crippen molar-refractivity contribution in [3.8, 4) is 17.6 Å². The summed E-state index contributed by atoms with van der Waals surface area (Å²) in [6.07, 6.45) is 1.68. The highest BCUT2D eigenvalue weighted by Crippen LogP contribution is 2.31. The quantitative estimate of drug-likeness (QED) is 0.205. The van der Waals surface area contributed by atoms with Crippen molar-refractivity contribution in [2.24, 2.45) is 0 Å². The molecule has 0 radical (unpaired) electrons. The van der Waals surface area contributed by atoms with E-state index in [1.165, 1.54) is 19.2 Å². The number of hydrogen-bond donors (Lipinski definition) is 0. The van der Waals surface area contributed by atoms with Gasteiger partial charge in [0, 0.05) is 17.2 Å². The Balaban J connectivity index is 1.81. The van der Waals surface area contributed by atoms with Crippen LogP contribution in [-0.4, -0.2) is 12.0 Å². The third kappa shape index (κ3) is 5.16. The van der Waals surface area contributed by atoms with Gasteiger partial charge < -0.3 is 9.47 Å². The maximum Gasteiger partial charge on any atom is 0.269 e. The van der Waals surface area contributed by atoms with Crippen LogP contribution >= 0.6 is 11.6 Å². The summed E-state index contributed by atoms with van der Waals surface area (Å²) in [6, 6.07) is 20.7. The fourth-order valence-electron chi connectivity index (χ4n) is 2.79. The molecule has 0 bridgehead atoms. The average Bonchev–Trinajstić information content (AvgIpc) is 2.76. The van der Waals surface area contributed by atoms with Crippen LogP contribution < -0.4 is 9.47 Å². The summed E-state index contributed by atoms with van der Waals surface area (Å²) in [5.74, 6) is 1.08. The van der Waals surface area contributed by atoms with E-state index in [1.807, 2.05) is 18.2 Å². The highest BCUT2D eigenvalue weighted by Gasteiger charge is 2.09. The molecule has 0 aliphatic rings. The lowest BCUT2D eigenvalue weighted by atomic mass is 10.0. The minimum atomic E-state index is -0.480. The molecule has 7 heteroatoms. The lowest BCUT2D eigenvalue weighted by Gasteiger charge is -2.12. The van der Waals surface area contributed by atoms with Crippen LogP contribution in [0.4, 0.5) is 5.69 Å². The maximum absolute atomic E-state index is 10.8. The van der Waals surface area contributed by atoms with Crippen LogP contribution in [0.25, 0.3) is 11.6 Å². The second-order valence-electron chi connectivity index (χ2n) is 6.30. The Kier molecular flexibility index (Phi) is 6.68. The molecule has 0 unspecified atom stereocenters. The summed E-state index contributed by atoms with van der Waals surface area (Å²) in [6.45, 7) is 0.332. The molecule has 30 heavy (non-hydrogen) atoms. The third-order valence-corrected chi connectivity index (χ3v) is 4.53. The van der Waals surface area contributed by atoms with Crippen LogP contribution in [-0.2, 0) is 6.61 Å². The van der Waals surface area contributed by atoms with Gasteiger partial charge in [-0.15, -0.1) is 0 Å². The Morgan fingerprint density at radius 3 is 2.53 bits per heavy atom. The Labute approximate surface area is 178 Å². The minimum Gasteiger partial charge on any atom is -0.493 e. The average molecular weight is 421 g/mol. The SMILES string of the molecule is COc1cc(C=C(C#N)c2ccc([N+](=O)[O-])cc2)ccc1OCc1cccc(Cl)c1. The van der Waals surface area contributed by atoms with E-state index in [4.69, 9.17) is 21.1 Å². The number of hydrogen-bond acceptors (Lipinski definition) is 5. The van der Waals surface area contributed by atoms with E-state index >= 15 is 0 Å². The molecule has 0 saturated carbocycles. The Morgan fingerprint density at radius 2 is 1.90 bits per heavy atom. The molecule has 3 aromatic rings. The molecule has 0 atom stereocenters. The van der Waals surface area contributed by atoms with Crippen molar-refractivity contribution < 1.29 is 14.4 Å². The van der Waals surface area contributed by atoms with Crippen molar-refractivity contribution in [3.05, 3.63) is 98.6 Å². The maximum atomic E-state index is 10.8. The first kappa shape index (κ1) is 20.9. The summed E-state index contributed by atoms with van der Waals surface area (Å²) in [5.41, 5.74) is 2.59. The summed E-state index contributed by atoms with van der Waals surface area (Å²) < 4.78 is 11.3. The number of halogens is 1. The Bertz CT molecular complexity index is 1130. The number of methoxy groups -OCH3 is 1. The summed E-state index contributed by atoms with van der Waals surface area (Å²) in [7, 11) is 1.54. The monoisotopic (exact) mass is 420 g/mol. The predicted molar refractivity (Wildman–Crippen MR) is 115 cm³/mol. The molecule has 0 amide bonds. The molecule has 0 aliphatic carbocycles. The van der Waals surface area contributed by atoms with Crippen molar-refractivity contribution in [2.75, 3.05) is 7.11 Å². The van der Waals surface area contributed by atoms with Gasteiger partial charge in [0.05, 0.1) is 23.7 Å². The van der Waals surface area contributed by atoms with Crippen molar-refractivity contribution in [1.29, 1.82) is 5.26 Å². The standard InChI is InChI=1S/C23H17ClN2O4/c1-29-23-13-16(5-10-22(23)30-15-17-3-2-4-20(24)12-17)11-19(14-25)18-6-8-21(9-7-18)26(27)28/h2-13H,15H2,1H3. The second kappa shape index (κ2) is 9.59. The number of nitrogens with zero attached hydrogens (tertiary/aromatic N) is 2. The number of nitro groups is 1. The van der Waals surface area contributed by atoms with Crippen LogP contribution in [0.5, 0.6) is 11.5 Å². The number of allylic oxidation sites excluding steroid dienone is 1. The third-order valence-electron chi connectivity index (χ3n) is 4.29. The zero-order valence-electron chi connectivity index (χ0n) is 16.0.